The third-order valence-electron chi connectivity index (χ3n) is 5.31. The Bertz CT molecular complexity index is 306. The molecule has 0 spiro atoms. The van der Waals surface area contributed by atoms with Crippen LogP contribution in [0.1, 0.15) is 44.9 Å². The minimum absolute atomic E-state index is 0.0334. The third kappa shape index (κ3) is 5.20. The molecule has 0 aromatic carbocycles. The molecule has 2 saturated carbocycles. The average molecular weight is 297 g/mol. The lowest BCUT2D eigenvalue weighted by atomic mass is 9.85. The van der Waals surface area contributed by atoms with Crippen LogP contribution in [0.4, 0.5) is 0 Å². The van der Waals surface area contributed by atoms with Gasteiger partial charge in [0.15, 0.2) is 0 Å². The van der Waals surface area contributed by atoms with E-state index in [4.69, 9.17) is 0 Å². The predicted molar refractivity (Wildman–Crippen MR) is 88.6 cm³/mol. The summed E-state index contributed by atoms with van der Waals surface area (Å²) in [7, 11) is 6.51. The predicted octanol–water partition coefficient (Wildman–Crippen LogP) is 1.54. The lowest BCUT2D eigenvalue weighted by Crippen LogP contribution is -2.53. The zero-order chi connectivity index (χ0) is 15.3. The minimum Gasteiger partial charge on any atom is -0.394 e. The Labute approximate surface area is 130 Å². The Morgan fingerprint density at radius 2 is 1.86 bits per heavy atom. The van der Waals surface area contributed by atoms with E-state index < -0.39 is 0 Å². The number of aliphatic hydroxyl groups excluding tert-OH is 1. The smallest absolute Gasteiger partial charge is 0.0616 e. The first-order chi connectivity index (χ1) is 10.1. The van der Waals surface area contributed by atoms with Crippen LogP contribution in [0.2, 0.25) is 0 Å². The molecule has 2 unspecified atom stereocenters. The van der Waals surface area contributed by atoms with Crippen molar-refractivity contribution in [2.24, 2.45) is 5.92 Å². The van der Waals surface area contributed by atoms with Crippen LogP contribution < -0.4 is 5.32 Å². The number of hydrogen-bond donors (Lipinski definition) is 2. The van der Waals surface area contributed by atoms with E-state index in [9.17, 15) is 5.11 Å². The average Bonchev–Trinajstić information content (AvgIpc) is 3.15. The van der Waals surface area contributed by atoms with Gasteiger partial charge in [0.25, 0.3) is 0 Å². The summed E-state index contributed by atoms with van der Waals surface area (Å²) < 4.78 is 0. The molecule has 2 N–H and O–H groups in total. The SMILES string of the molecule is CN(C)CCCN(C)CCC1CCCC1(CO)NC1CC1. The highest BCUT2D eigenvalue weighted by Gasteiger charge is 2.44. The maximum absolute atomic E-state index is 9.95. The molecule has 0 aliphatic heterocycles. The van der Waals surface area contributed by atoms with E-state index in [0.29, 0.717) is 18.6 Å². The first-order valence-corrected chi connectivity index (χ1v) is 8.77. The summed E-state index contributed by atoms with van der Waals surface area (Å²) in [5.74, 6) is 0.652. The molecule has 2 aliphatic rings. The fourth-order valence-corrected chi connectivity index (χ4v) is 3.79. The van der Waals surface area contributed by atoms with Crippen LogP contribution in [-0.4, -0.2) is 73.9 Å². The van der Waals surface area contributed by atoms with E-state index in [1.807, 2.05) is 0 Å². The highest BCUT2D eigenvalue weighted by Crippen LogP contribution is 2.40. The van der Waals surface area contributed by atoms with Crippen LogP contribution in [0.25, 0.3) is 0 Å². The summed E-state index contributed by atoms with van der Waals surface area (Å²) in [5.41, 5.74) is 0.0334. The maximum Gasteiger partial charge on any atom is 0.0616 e. The Kier molecular flexibility index (Phi) is 6.48. The molecule has 124 valence electrons. The van der Waals surface area contributed by atoms with Crippen molar-refractivity contribution in [2.75, 3.05) is 47.4 Å². The van der Waals surface area contributed by atoms with Crippen LogP contribution in [0, 0.1) is 5.92 Å². The van der Waals surface area contributed by atoms with Crippen molar-refractivity contribution < 1.29 is 5.11 Å². The van der Waals surface area contributed by atoms with Gasteiger partial charge in [-0.25, -0.2) is 0 Å². The number of nitrogens with zero attached hydrogens (tertiary/aromatic N) is 2. The Balaban J connectivity index is 1.72. The molecule has 4 nitrogen and oxygen atoms in total. The number of aliphatic hydroxyl groups is 1. The van der Waals surface area contributed by atoms with Crippen LogP contribution >= 0.6 is 0 Å². The summed E-state index contributed by atoms with van der Waals surface area (Å²) in [6.45, 7) is 3.81. The Morgan fingerprint density at radius 3 is 2.48 bits per heavy atom. The van der Waals surface area contributed by atoms with Gasteiger partial charge < -0.3 is 20.2 Å². The molecule has 0 aromatic heterocycles. The monoisotopic (exact) mass is 297 g/mol. The summed E-state index contributed by atoms with van der Waals surface area (Å²) in [6.07, 6.45) is 8.78. The van der Waals surface area contributed by atoms with Crippen LogP contribution in [0.15, 0.2) is 0 Å². The fraction of sp³-hybridized carbons (Fsp3) is 1.00. The first-order valence-electron chi connectivity index (χ1n) is 8.77. The van der Waals surface area contributed by atoms with Crippen molar-refractivity contribution in [3.63, 3.8) is 0 Å². The van der Waals surface area contributed by atoms with E-state index in [-0.39, 0.29) is 5.54 Å². The molecule has 0 saturated heterocycles. The number of rotatable bonds is 10. The molecule has 2 atom stereocenters. The fourth-order valence-electron chi connectivity index (χ4n) is 3.79. The van der Waals surface area contributed by atoms with Gasteiger partial charge in [-0.2, -0.15) is 0 Å². The molecule has 0 aromatic rings. The highest BCUT2D eigenvalue weighted by atomic mass is 16.3. The van der Waals surface area contributed by atoms with Crippen molar-refractivity contribution in [2.45, 2.75) is 56.5 Å². The zero-order valence-electron chi connectivity index (χ0n) is 14.3. The van der Waals surface area contributed by atoms with Gasteiger partial charge in [-0.3, -0.25) is 0 Å². The van der Waals surface area contributed by atoms with Gasteiger partial charge in [0.1, 0.15) is 0 Å². The largest absolute Gasteiger partial charge is 0.394 e. The van der Waals surface area contributed by atoms with Crippen LogP contribution in [0.3, 0.4) is 0 Å². The Morgan fingerprint density at radius 1 is 1.10 bits per heavy atom. The van der Waals surface area contributed by atoms with E-state index >= 15 is 0 Å². The van der Waals surface area contributed by atoms with Crippen molar-refractivity contribution in [3.8, 4) is 0 Å². The maximum atomic E-state index is 9.95. The second-order valence-electron chi connectivity index (χ2n) is 7.57. The summed E-state index contributed by atoms with van der Waals surface area (Å²) in [5, 5.41) is 13.7. The van der Waals surface area contributed by atoms with E-state index in [1.165, 1.54) is 45.1 Å². The van der Waals surface area contributed by atoms with E-state index in [1.54, 1.807) is 0 Å². The third-order valence-corrected chi connectivity index (χ3v) is 5.31. The molecule has 2 fully saturated rings. The van der Waals surface area contributed by atoms with Gasteiger partial charge in [0.2, 0.25) is 0 Å². The van der Waals surface area contributed by atoms with Crippen LogP contribution in [-0.2, 0) is 0 Å². The lowest BCUT2D eigenvalue weighted by Gasteiger charge is -2.36. The topological polar surface area (TPSA) is 38.7 Å². The quantitative estimate of drug-likeness (QED) is 0.642. The van der Waals surface area contributed by atoms with Gasteiger partial charge in [0.05, 0.1) is 6.61 Å². The number of hydrogen-bond acceptors (Lipinski definition) is 4. The molecule has 0 heterocycles. The molecule has 2 rings (SSSR count). The molecule has 4 heteroatoms. The molecular formula is C17H35N3O. The second kappa shape index (κ2) is 7.91. The van der Waals surface area contributed by atoms with Gasteiger partial charge in [-0.05, 0) is 85.2 Å². The van der Waals surface area contributed by atoms with E-state index in [2.05, 4.69) is 36.3 Å². The molecular weight excluding hydrogens is 262 g/mol. The summed E-state index contributed by atoms with van der Waals surface area (Å²) in [6, 6.07) is 0.690. The summed E-state index contributed by atoms with van der Waals surface area (Å²) >= 11 is 0. The van der Waals surface area contributed by atoms with Gasteiger partial charge >= 0.3 is 0 Å². The Hall–Kier alpha value is -0.160. The van der Waals surface area contributed by atoms with Gasteiger partial charge in [-0.1, -0.05) is 6.42 Å². The van der Waals surface area contributed by atoms with Gasteiger partial charge in [0, 0.05) is 11.6 Å². The highest BCUT2D eigenvalue weighted by molar-refractivity contribution is 5.03. The molecule has 0 bridgehead atoms. The summed E-state index contributed by atoms with van der Waals surface area (Å²) in [4.78, 5) is 4.71. The van der Waals surface area contributed by atoms with Crippen molar-refractivity contribution in [1.29, 1.82) is 0 Å². The molecule has 2 aliphatic carbocycles. The van der Waals surface area contributed by atoms with Crippen molar-refractivity contribution >= 4 is 0 Å². The zero-order valence-corrected chi connectivity index (χ0v) is 14.3. The lowest BCUT2D eigenvalue weighted by molar-refractivity contribution is 0.111. The normalized spacial score (nSPS) is 29.7. The second-order valence-corrected chi connectivity index (χ2v) is 7.57. The minimum atomic E-state index is 0.0334. The standard InChI is InChI=1S/C17H35N3O/c1-19(2)11-5-12-20(3)13-9-15-6-4-10-17(15,14-21)18-16-7-8-16/h15-16,18,21H,4-14H2,1-3H3. The molecule has 21 heavy (non-hydrogen) atoms. The first kappa shape index (κ1) is 17.2. The number of nitrogens with one attached hydrogen (secondary N) is 1. The van der Waals surface area contributed by atoms with E-state index in [0.717, 1.165) is 19.5 Å². The molecule has 0 radical (unpaired) electrons. The van der Waals surface area contributed by atoms with Crippen molar-refractivity contribution in [3.05, 3.63) is 0 Å². The van der Waals surface area contributed by atoms with Crippen molar-refractivity contribution in [1.82, 2.24) is 15.1 Å². The van der Waals surface area contributed by atoms with Gasteiger partial charge in [-0.15, -0.1) is 0 Å². The van der Waals surface area contributed by atoms with Crippen LogP contribution in [0.5, 0.6) is 0 Å². The molecule has 0 amide bonds.